The molecule has 0 bridgehead atoms. The topological polar surface area (TPSA) is 95.9 Å². The maximum absolute atomic E-state index is 12.5. The van der Waals surface area contributed by atoms with Crippen LogP contribution in [-0.2, 0) is 14.3 Å². The number of aliphatic hydroxyl groups is 2. The largest absolute Gasteiger partial charge is 0.466 e. The Morgan fingerprint density at radius 3 is 0.835 bits per heavy atom. The SMILES string of the molecule is CCCCCCCC/C=C\CCCCCCCCCCCC(=O)OCCCCCCCCCCCCCCCCCCCCCCCCCCCCC(=O)NC(CO)C(O)/C=C/CCCCCCCCCCCCCCCCCCCCCCC. The molecule has 0 rings (SSSR count). The van der Waals surface area contributed by atoms with E-state index in [4.69, 9.17) is 4.74 Å². The molecule has 0 saturated carbocycles. The van der Waals surface area contributed by atoms with E-state index in [2.05, 4.69) is 31.3 Å². The molecule has 0 fully saturated rings. The van der Waals surface area contributed by atoms with Gasteiger partial charge in [-0.25, -0.2) is 0 Å². The zero-order valence-electron chi connectivity index (χ0n) is 57.9. The van der Waals surface area contributed by atoms with E-state index in [0.717, 1.165) is 38.5 Å². The van der Waals surface area contributed by atoms with Crippen LogP contribution in [0.2, 0.25) is 0 Å². The molecule has 1 amide bonds. The van der Waals surface area contributed by atoms with Gasteiger partial charge in [0.15, 0.2) is 0 Å². The van der Waals surface area contributed by atoms with Crippen LogP contribution in [0.15, 0.2) is 24.3 Å². The molecule has 2 unspecified atom stereocenters. The highest BCUT2D eigenvalue weighted by Gasteiger charge is 2.18. The van der Waals surface area contributed by atoms with Gasteiger partial charge in [0.05, 0.1) is 25.4 Å². The number of unbranched alkanes of at least 4 members (excludes halogenated alkanes) is 61. The van der Waals surface area contributed by atoms with Crippen LogP contribution in [0, 0.1) is 0 Å². The highest BCUT2D eigenvalue weighted by Crippen LogP contribution is 2.20. The van der Waals surface area contributed by atoms with Crippen molar-refractivity contribution in [1.82, 2.24) is 5.32 Å². The summed E-state index contributed by atoms with van der Waals surface area (Å²) in [5, 5.41) is 23.3. The predicted molar refractivity (Wildman–Crippen MR) is 375 cm³/mol. The molecule has 504 valence electrons. The molecule has 0 spiro atoms. The number of ether oxygens (including phenoxy) is 1. The fourth-order valence-electron chi connectivity index (χ4n) is 12.5. The summed E-state index contributed by atoms with van der Waals surface area (Å²) in [6, 6.07) is -0.627. The lowest BCUT2D eigenvalue weighted by Crippen LogP contribution is -2.45. The van der Waals surface area contributed by atoms with Gasteiger partial charge in [0.25, 0.3) is 0 Å². The molecule has 85 heavy (non-hydrogen) atoms. The number of hydrogen-bond acceptors (Lipinski definition) is 5. The van der Waals surface area contributed by atoms with E-state index < -0.39 is 12.1 Å². The van der Waals surface area contributed by atoms with Crippen molar-refractivity contribution in [3.63, 3.8) is 0 Å². The lowest BCUT2D eigenvalue weighted by molar-refractivity contribution is -0.143. The van der Waals surface area contributed by atoms with Crippen molar-refractivity contribution in [3.8, 4) is 0 Å². The van der Waals surface area contributed by atoms with Crippen molar-refractivity contribution in [3.05, 3.63) is 24.3 Å². The summed E-state index contributed by atoms with van der Waals surface area (Å²) < 4.78 is 5.52. The van der Waals surface area contributed by atoms with Gasteiger partial charge in [0.2, 0.25) is 5.91 Å². The van der Waals surface area contributed by atoms with Crippen LogP contribution in [0.3, 0.4) is 0 Å². The van der Waals surface area contributed by atoms with Crippen LogP contribution in [0.5, 0.6) is 0 Å². The van der Waals surface area contributed by atoms with Crippen molar-refractivity contribution in [2.75, 3.05) is 13.2 Å². The second kappa shape index (κ2) is 74.8. The number of carbonyl (C=O) groups is 2. The summed E-state index contributed by atoms with van der Waals surface area (Å²) in [5.74, 6) is -0.0430. The third kappa shape index (κ3) is 71.3. The molecular weight excluding hydrogens is 1040 g/mol. The average Bonchev–Trinajstić information content (AvgIpc) is 3.51. The quantitative estimate of drug-likeness (QED) is 0.0320. The van der Waals surface area contributed by atoms with Crippen molar-refractivity contribution in [2.24, 2.45) is 0 Å². The Bertz CT molecular complexity index is 1330. The van der Waals surface area contributed by atoms with Gasteiger partial charge in [-0.05, 0) is 57.8 Å². The number of carbonyl (C=O) groups excluding carboxylic acids is 2. The second-order valence-electron chi connectivity index (χ2n) is 27.0. The van der Waals surface area contributed by atoms with Gasteiger partial charge >= 0.3 is 5.97 Å². The molecule has 0 aliphatic rings. The smallest absolute Gasteiger partial charge is 0.305 e. The van der Waals surface area contributed by atoms with E-state index in [1.807, 2.05) is 6.08 Å². The summed E-state index contributed by atoms with van der Waals surface area (Å²) in [6.07, 6.45) is 95.7. The average molecular weight is 1200 g/mol. The van der Waals surface area contributed by atoms with Crippen molar-refractivity contribution in [2.45, 2.75) is 456 Å². The molecule has 0 aromatic heterocycles. The van der Waals surface area contributed by atoms with Crippen molar-refractivity contribution >= 4 is 11.9 Å². The number of amides is 1. The Morgan fingerprint density at radius 1 is 0.318 bits per heavy atom. The van der Waals surface area contributed by atoms with Gasteiger partial charge in [0, 0.05) is 12.8 Å². The van der Waals surface area contributed by atoms with Gasteiger partial charge in [-0.1, -0.05) is 398 Å². The molecular formula is C79H153NO5. The van der Waals surface area contributed by atoms with Gasteiger partial charge < -0.3 is 20.3 Å². The molecule has 0 saturated heterocycles. The van der Waals surface area contributed by atoms with E-state index in [0.29, 0.717) is 19.4 Å². The van der Waals surface area contributed by atoms with E-state index in [1.165, 1.54) is 379 Å². The van der Waals surface area contributed by atoms with Crippen LogP contribution in [0.1, 0.15) is 444 Å². The number of allylic oxidation sites excluding steroid dienone is 3. The van der Waals surface area contributed by atoms with Crippen LogP contribution >= 0.6 is 0 Å². The Hall–Kier alpha value is -1.66. The highest BCUT2D eigenvalue weighted by atomic mass is 16.5. The number of esters is 1. The van der Waals surface area contributed by atoms with E-state index in [1.54, 1.807) is 6.08 Å². The molecule has 3 N–H and O–H groups in total. The van der Waals surface area contributed by atoms with Gasteiger partial charge in [-0.2, -0.15) is 0 Å². The molecule has 0 aromatic carbocycles. The molecule has 0 aliphatic carbocycles. The fourth-order valence-corrected chi connectivity index (χ4v) is 12.5. The first-order valence-electron chi connectivity index (χ1n) is 39.1. The number of nitrogens with one attached hydrogen (secondary N) is 1. The molecule has 0 radical (unpaired) electrons. The van der Waals surface area contributed by atoms with Crippen LogP contribution in [0.25, 0.3) is 0 Å². The Kier molecular flexibility index (Phi) is 73.3. The minimum atomic E-state index is -0.844. The number of rotatable bonds is 74. The maximum atomic E-state index is 12.5. The Morgan fingerprint density at radius 2 is 0.553 bits per heavy atom. The molecule has 0 aliphatic heterocycles. The standard InChI is InChI=1S/C79H153NO5/c1-3-5-7-9-11-13-15-17-19-21-23-24-29-32-36-39-43-47-51-55-59-63-67-71-77(82)76(75-81)80-78(83)72-68-64-60-56-52-48-44-40-37-33-30-27-25-26-28-31-34-38-42-46-50-54-58-62-66-70-74-85-79(84)73-69-65-61-57-53-49-45-41-35-22-20-18-16-14-12-10-8-6-4-2/h18,20,67,71,76-77,81-82H,3-17,19,21-66,68-70,72-75H2,1-2H3,(H,80,83)/b20-18-,71-67+. The fraction of sp³-hybridized carbons (Fsp3) is 0.924. The number of hydrogen-bond donors (Lipinski definition) is 3. The lowest BCUT2D eigenvalue weighted by Gasteiger charge is -2.20. The third-order valence-corrected chi connectivity index (χ3v) is 18.5. The summed E-state index contributed by atoms with van der Waals surface area (Å²) in [4.78, 5) is 24.7. The molecule has 6 heteroatoms. The summed E-state index contributed by atoms with van der Waals surface area (Å²) in [7, 11) is 0. The maximum Gasteiger partial charge on any atom is 0.305 e. The molecule has 2 atom stereocenters. The van der Waals surface area contributed by atoms with E-state index >= 15 is 0 Å². The van der Waals surface area contributed by atoms with Gasteiger partial charge in [-0.15, -0.1) is 0 Å². The van der Waals surface area contributed by atoms with E-state index in [-0.39, 0.29) is 18.5 Å². The Balaban J connectivity index is 3.37. The zero-order valence-corrected chi connectivity index (χ0v) is 57.9. The zero-order chi connectivity index (χ0) is 61.3. The van der Waals surface area contributed by atoms with Crippen LogP contribution < -0.4 is 5.32 Å². The molecule has 6 nitrogen and oxygen atoms in total. The summed E-state index contributed by atoms with van der Waals surface area (Å²) in [6.45, 7) is 4.95. The lowest BCUT2D eigenvalue weighted by atomic mass is 10.0. The normalized spacial score (nSPS) is 12.6. The van der Waals surface area contributed by atoms with Gasteiger partial charge in [0.1, 0.15) is 0 Å². The first-order chi connectivity index (χ1) is 42.0. The van der Waals surface area contributed by atoms with Crippen molar-refractivity contribution in [1.29, 1.82) is 0 Å². The minimum absolute atomic E-state index is 0.0176. The van der Waals surface area contributed by atoms with Crippen LogP contribution in [-0.4, -0.2) is 47.4 Å². The summed E-state index contributed by atoms with van der Waals surface area (Å²) in [5.41, 5.74) is 0. The first kappa shape index (κ1) is 83.3. The third-order valence-electron chi connectivity index (χ3n) is 18.5. The van der Waals surface area contributed by atoms with E-state index in [9.17, 15) is 19.8 Å². The number of aliphatic hydroxyl groups excluding tert-OH is 2. The predicted octanol–water partition coefficient (Wildman–Crippen LogP) is 25.7. The molecule has 0 aromatic rings. The first-order valence-corrected chi connectivity index (χ1v) is 39.1. The van der Waals surface area contributed by atoms with Crippen molar-refractivity contribution < 1.29 is 24.5 Å². The second-order valence-corrected chi connectivity index (χ2v) is 27.0. The highest BCUT2D eigenvalue weighted by molar-refractivity contribution is 5.76. The summed E-state index contributed by atoms with van der Waals surface area (Å²) >= 11 is 0. The Labute approximate surface area is 532 Å². The monoisotopic (exact) mass is 1200 g/mol. The minimum Gasteiger partial charge on any atom is -0.466 e. The molecule has 0 heterocycles. The van der Waals surface area contributed by atoms with Crippen LogP contribution in [0.4, 0.5) is 0 Å². The van der Waals surface area contributed by atoms with Gasteiger partial charge in [-0.3, -0.25) is 9.59 Å².